The van der Waals surface area contributed by atoms with E-state index in [1.165, 1.54) is 76.0 Å². The Balaban J connectivity index is 5.85. The Hall–Kier alpha value is -0.360. The second-order valence-electron chi connectivity index (χ2n) is 7.62. The molecule has 144 valence electrons. The summed E-state index contributed by atoms with van der Waals surface area (Å²) in [6.07, 6.45) is 16.6. The average Bonchev–Trinajstić information content (AvgIpc) is 2.54. The van der Waals surface area contributed by atoms with Crippen molar-refractivity contribution in [1.82, 2.24) is 0 Å². The van der Waals surface area contributed by atoms with Gasteiger partial charge < -0.3 is 0 Å². The van der Waals surface area contributed by atoms with Crippen LogP contribution in [-0.2, 0) is 9.32 Å². The van der Waals surface area contributed by atoms with Gasteiger partial charge in [-0.3, -0.25) is 0 Å². The van der Waals surface area contributed by atoms with Crippen LogP contribution in [0.25, 0.3) is 0 Å². The van der Waals surface area contributed by atoms with Crippen LogP contribution in [0, 0.1) is 0 Å². The van der Waals surface area contributed by atoms with Crippen molar-refractivity contribution >= 4 is 12.6 Å². The third kappa shape index (κ3) is 8.15. The van der Waals surface area contributed by atoms with Gasteiger partial charge in [-0.2, -0.15) is 0 Å². The molecule has 0 aliphatic carbocycles. The molecule has 0 rings (SSSR count). The molecule has 0 unspecified atom stereocenters. The van der Waals surface area contributed by atoms with E-state index >= 15 is 0 Å². The summed E-state index contributed by atoms with van der Waals surface area (Å²) in [5, 5.41) is 0. The van der Waals surface area contributed by atoms with Crippen molar-refractivity contribution < 1.29 is 9.32 Å². The molecule has 2 nitrogen and oxygen atoms in total. The topological polar surface area (TPSA) is 26.3 Å². The molecule has 0 radical (unpaired) electrons. The summed E-state index contributed by atoms with van der Waals surface area (Å²) in [6, 6.07) is 0. The fourth-order valence-corrected chi connectivity index (χ4v) is 10.8. The van der Waals surface area contributed by atoms with Gasteiger partial charge in [-0.1, -0.05) is 0 Å². The van der Waals surface area contributed by atoms with E-state index in [0.29, 0.717) is 0 Å². The number of unbranched alkanes of at least 4 members (excludes halogenated alkanes) is 4. The van der Waals surface area contributed by atoms with E-state index in [-0.39, 0.29) is 5.78 Å². The zero-order valence-corrected chi connectivity index (χ0v) is 18.2. The Kier molecular flexibility index (Phi) is 11.9. The third-order valence-electron chi connectivity index (χ3n) is 5.12. The van der Waals surface area contributed by atoms with E-state index in [1.54, 1.807) is 13.0 Å². The standard InChI is InChI=1S/C21H43O2P/c1-7-11-15-24(16-12-8-2,17-13-9-3,18-14-10-4)23-21(6)19-20(5)22/h19H,7-18H2,1-6H3/b21-19-. The van der Waals surface area contributed by atoms with E-state index in [1.807, 2.05) is 6.92 Å². The summed E-state index contributed by atoms with van der Waals surface area (Å²) in [4.78, 5) is 11.6. The first-order valence-electron chi connectivity index (χ1n) is 10.3. The van der Waals surface area contributed by atoms with Crippen molar-refractivity contribution in [3.05, 3.63) is 11.8 Å². The maximum absolute atomic E-state index is 11.6. The second-order valence-corrected chi connectivity index (χ2v) is 13.3. The predicted octanol–water partition coefficient (Wildman–Crippen LogP) is 7.16. The van der Waals surface area contributed by atoms with Gasteiger partial charge in [-0.05, 0) is 0 Å². The van der Waals surface area contributed by atoms with Gasteiger partial charge in [0.2, 0.25) is 0 Å². The molecule has 0 aliphatic heterocycles. The molecule has 0 saturated heterocycles. The minimum atomic E-state index is -2.27. The number of hydrogen-bond donors (Lipinski definition) is 0. The molecule has 0 bridgehead atoms. The molecule has 0 spiro atoms. The summed E-state index contributed by atoms with van der Waals surface area (Å²) < 4.78 is 6.92. The van der Waals surface area contributed by atoms with Gasteiger partial charge >= 0.3 is 151 Å². The molecule has 0 amide bonds. The van der Waals surface area contributed by atoms with E-state index in [4.69, 9.17) is 4.52 Å². The van der Waals surface area contributed by atoms with Crippen molar-refractivity contribution in [2.45, 2.75) is 92.9 Å². The number of ketones is 1. The molecule has 3 heteroatoms. The number of rotatable bonds is 15. The van der Waals surface area contributed by atoms with Crippen LogP contribution in [0.15, 0.2) is 11.8 Å². The molecule has 0 atom stereocenters. The molecule has 24 heavy (non-hydrogen) atoms. The normalized spacial score (nSPS) is 14.2. The van der Waals surface area contributed by atoms with E-state index in [9.17, 15) is 4.79 Å². The van der Waals surface area contributed by atoms with E-state index in [2.05, 4.69) is 27.7 Å². The summed E-state index contributed by atoms with van der Waals surface area (Å²) in [5.41, 5.74) is 0. The number of carbonyl (C=O) groups excluding carboxylic acids is 1. The van der Waals surface area contributed by atoms with E-state index < -0.39 is 6.83 Å². The number of hydrogen-bond acceptors (Lipinski definition) is 2. The van der Waals surface area contributed by atoms with Gasteiger partial charge in [-0.25, -0.2) is 0 Å². The van der Waals surface area contributed by atoms with Gasteiger partial charge in [0, 0.05) is 0 Å². The number of allylic oxidation sites excluding steroid dienone is 2. The first-order chi connectivity index (χ1) is 11.4. The molecule has 0 N–H and O–H groups in total. The van der Waals surface area contributed by atoms with Crippen LogP contribution < -0.4 is 0 Å². The van der Waals surface area contributed by atoms with Crippen LogP contribution in [0.1, 0.15) is 92.9 Å². The van der Waals surface area contributed by atoms with E-state index in [0.717, 1.165) is 5.76 Å². The first-order valence-corrected chi connectivity index (χ1v) is 13.2. The maximum atomic E-state index is 11.6. The summed E-state index contributed by atoms with van der Waals surface area (Å²) in [6.45, 7) is 10.5. The zero-order valence-electron chi connectivity index (χ0n) is 17.3. The van der Waals surface area contributed by atoms with Crippen LogP contribution >= 0.6 is 6.83 Å². The van der Waals surface area contributed by atoms with Crippen molar-refractivity contribution in [2.24, 2.45) is 0 Å². The predicted molar refractivity (Wildman–Crippen MR) is 112 cm³/mol. The molecular formula is C21H43O2P. The molecule has 0 aromatic carbocycles. The molecule has 0 aliphatic rings. The Morgan fingerprint density at radius 1 is 0.750 bits per heavy atom. The summed E-state index contributed by atoms with van der Waals surface area (Å²) in [7, 11) is 0. The first kappa shape index (κ1) is 23.6. The van der Waals surface area contributed by atoms with Crippen LogP contribution in [0.5, 0.6) is 0 Å². The fourth-order valence-electron chi connectivity index (χ4n) is 3.81. The van der Waals surface area contributed by atoms with Gasteiger partial charge in [-0.15, -0.1) is 0 Å². The van der Waals surface area contributed by atoms with Crippen molar-refractivity contribution in [2.75, 3.05) is 24.6 Å². The Morgan fingerprint density at radius 2 is 1.08 bits per heavy atom. The monoisotopic (exact) mass is 358 g/mol. The van der Waals surface area contributed by atoms with Gasteiger partial charge in [0.25, 0.3) is 0 Å². The Bertz CT molecular complexity index is 344. The van der Waals surface area contributed by atoms with Crippen molar-refractivity contribution in [3.8, 4) is 0 Å². The fraction of sp³-hybridized carbons (Fsp3) is 0.857. The van der Waals surface area contributed by atoms with Crippen LogP contribution in [0.2, 0.25) is 0 Å². The van der Waals surface area contributed by atoms with Crippen LogP contribution in [-0.4, -0.2) is 30.4 Å². The minimum absolute atomic E-state index is 0.0982. The summed E-state index contributed by atoms with van der Waals surface area (Å²) >= 11 is 0. The molecule has 0 fully saturated rings. The van der Waals surface area contributed by atoms with Crippen molar-refractivity contribution in [1.29, 1.82) is 0 Å². The summed E-state index contributed by atoms with van der Waals surface area (Å²) in [5.74, 6) is 0.959. The molecule has 0 aromatic rings. The number of carbonyl (C=O) groups is 1. The molecule has 0 saturated carbocycles. The van der Waals surface area contributed by atoms with Crippen LogP contribution in [0.4, 0.5) is 0 Å². The SMILES string of the molecule is CCCCP(CCCC)(CCCC)(CCCC)O/C(C)=C\C(C)=O. The Labute approximate surface area is 151 Å². The van der Waals surface area contributed by atoms with Gasteiger partial charge in [0.1, 0.15) is 0 Å². The van der Waals surface area contributed by atoms with Gasteiger partial charge in [0.05, 0.1) is 0 Å². The van der Waals surface area contributed by atoms with Gasteiger partial charge in [0.15, 0.2) is 0 Å². The van der Waals surface area contributed by atoms with Crippen molar-refractivity contribution in [3.63, 3.8) is 0 Å². The zero-order chi connectivity index (χ0) is 18.5. The quantitative estimate of drug-likeness (QED) is 0.176. The average molecular weight is 359 g/mol. The molecule has 0 heterocycles. The molecular weight excluding hydrogens is 315 g/mol. The Morgan fingerprint density at radius 3 is 1.33 bits per heavy atom. The third-order valence-corrected chi connectivity index (χ3v) is 11.7. The second kappa shape index (κ2) is 12.1. The van der Waals surface area contributed by atoms with Crippen LogP contribution in [0.3, 0.4) is 0 Å². The molecule has 0 aromatic heterocycles.